The van der Waals surface area contributed by atoms with Crippen molar-refractivity contribution in [2.45, 2.75) is 4.90 Å². The van der Waals surface area contributed by atoms with Crippen molar-refractivity contribution in [3.8, 4) is 0 Å². The van der Waals surface area contributed by atoms with Crippen molar-refractivity contribution in [1.82, 2.24) is 0 Å². The van der Waals surface area contributed by atoms with Gasteiger partial charge in [-0.15, -0.1) is 0 Å². The van der Waals surface area contributed by atoms with Crippen LogP contribution in [-0.2, 0) is 18.9 Å². The Morgan fingerprint density at radius 3 is 2.38 bits per heavy atom. The van der Waals surface area contributed by atoms with Gasteiger partial charge in [0.1, 0.15) is 0 Å². The molecule has 0 bridgehead atoms. The van der Waals surface area contributed by atoms with Gasteiger partial charge in [-0.05, 0) is 35.0 Å². The monoisotopic (exact) mass is 331 g/mol. The van der Waals surface area contributed by atoms with E-state index < -0.39 is 30.0 Å². The predicted octanol–water partition coefficient (Wildman–Crippen LogP) is 1.30. The lowest BCUT2D eigenvalue weighted by molar-refractivity contribution is 0.207. The molecule has 2 aromatic rings. The van der Waals surface area contributed by atoms with E-state index in [0.717, 1.165) is 5.39 Å². The number of phosphoric acid groups is 1. The van der Waals surface area contributed by atoms with Gasteiger partial charge in [0.25, 0.3) is 0 Å². The molecule has 114 valence electrons. The van der Waals surface area contributed by atoms with Crippen molar-refractivity contribution in [1.29, 1.82) is 0 Å². The zero-order valence-corrected chi connectivity index (χ0v) is 12.5. The van der Waals surface area contributed by atoms with Crippen LogP contribution in [0.4, 0.5) is 5.69 Å². The zero-order valence-electron chi connectivity index (χ0n) is 10.8. The van der Waals surface area contributed by atoms with Crippen LogP contribution in [0, 0.1) is 0 Å². The van der Waals surface area contributed by atoms with E-state index in [0.29, 0.717) is 11.1 Å². The van der Waals surface area contributed by atoms with Crippen LogP contribution < -0.4 is 5.73 Å². The van der Waals surface area contributed by atoms with Crippen LogP contribution in [0.25, 0.3) is 10.8 Å². The fourth-order valence-electron chi connectivity index (χ4n) is 1.82. The molecule has 0 fully saturated rings. The summed E-state index contributed by atoms with van der Waals surface area (Å²) >= 11 is 0. The molecule has 7 nitrogen and oxygen atoms in total. The van der Waals surface area contributed by atoms with Gasteiger partial charge in [0.2, 0.25) is 0 Å². The number of hydrogen-bond donors (Lipinski definition) is 3. The quantitative estimate of drug-likeness (QED) is 0.556. The van der Waals surface area contributed by atoms with E-state index in [9.17, 15) is 13.0 Å². The number of hydrogen-bond acceptors (Lipinski definition) is 5. The van der Waals surface area contributed by atoms with E-state index >= 15 is 0 Å². The molecular weight excluding hydrogens is 317 g/mol. The highest BCUT2D eigenvalue weighted by Gasteiger charge is 2.19. The van der Waals surface area contributed by atoms with Gasteiger partial charge in [-0.25, -0.2) is 13.0 Å². The number of anilines is 1. The van der Waals surface area contributed by atoms with Gasteiger partial charge in [0.05, 0.1) is 17.3 Å². The minimum absolute atomic E-state index is 0.0640. The van der Waals surface area contributed by atoms with Gasteiger partial charge in [0, 0.05) is 5.69 Å². The first-order chi connectivity index (χ1) is 9.67. The summed E-state index contributed by atoms with van der Waals surface area (Å²) in [5, 5.41) is 1.52. The van der Waals surface area contributed by atoms with Crippen LogP contribution in [0.2, 0.25) is 0 Å². The van der Waals surface area contributed by atoms with Gasteiger partial charge in [0.15, 0.2) is 9.84 Å². The second-order valence-electron chi connectivity index (χ2n) is 4.41. The summed E-state index contributed by atoms with van der Waals surface area (Å²) in [6.07, 6.45) is 0. The third-order valence-electron chi connectivity index (χ3n) is 2.81. The minimum atomic E-state index is -4.67. The molecule has 0 saturated heterocycles. The lowest BCUT2D eigenvalue weighted by atomic mass is 10.1. The van der Waals surface area contributed by atoms with E-state index in [1.807, 2.05) is 0 Å². The summed E-state index contributed by atoms with van der Waals surface area (Å²) in [5.41, 5.74) is 6.22. The molecule has 2 rings (SSSR count). The highest BCUT2D eigenvalue weighted by atomic mass is 32.2. The lowest BCUT2D eigenvalue weighted by Crippen LogP contribution is -2.11. The van der Waals surface area contributed by atoms with Crippen molar-refractivity contribution >= 4 is 34.1 Å². The van der Waals surface area contributed by atoms with Crippen molar-refractivity contribution in [2.24, 2.45) is 0 Å². The number of nitrogens with two attached hydrogens (primary N) is 1. The van der Waals surface area contributed by atoms with Crippen molar-refractivity contribution < 1.29 is 27.3 Å². The van der Waals surface area contributed by atoms with Gasteiger partial charge in [-0.2, -0.15) is 0 Å². The molecule has 0 aliphatic rings. The summed E-state index contributed by atoms with van der Waals surface area (Å²) in [6.45, 7) is -0.577. The maximum Gasteiger partial charge on any atom is 0.469 e. The van der Waals surface area contributed by atoms with Crippen molar-refractivity contribution in [3.63, 3.8) is 0 Å². The average molecular weight is 331 g/mol. The number of phosphoric ester groups is 1. The fourth-order valence-corrected chi connectivity index (χ4v) is 3.39. The molecule has 0 aliphatic heterocycles. The van der Waals surface area contributed by atoms with Crippen LogP contribution in [0.5, 0.6) is 0 Å². The Morgan fingerprint density at radius 2 is 1.71 bits per heavy atom. The minimum Gasteiger partial charge on any atom is -0.399 e. The van der Waals surface area contributed by atoms with Gasteiger partial charge in [-0.3, -0.25) is 4.52 Å². The first-order valence-corrected chi connectivity index (χ1v) is 9.08. The molecule has 0 amide bonds. The Kier molecular flexibility index (Phi) is 4.36. The molecule has 0 aliphatic carbocycles. The van der Waals surface area contributed by atoms with E-state index in [2.05, 4.69) is 4.52 Å². The molecule has 0 spiro atoms. The molecule has 0 heterocycles. The summed E-state index contributed by atoms with van der Waals surface area (Å²) in [6, 6.07) is 9.63. The molecular formula is C12H14NO6PS. The Bertz CT molecular complexity index is 814. The van der Waals surface area contributed by atoms with E-state index in [1.54, 1.807) is 24.3 Å². The molecule has 2 aromatic carbocycles. The van der Waals surface area contributed by atoms with Crippen LogP contribution in [-0.4, -0.2) is 30.6 Å². The fraction of sp³-hybridized carbons (Fsp3) is 0.167. The van der Waals surface area contributed by atoms with Crippen molar-refractivity contribution in [2.75, 3.05) is 18.1 Å². The predicted molar refractivity (Wildman–Crippen MR) is 78.4 cm³/mol. The smallest absolute Gasteiger partial charge is 0.399 e. The Labute approximate surface area is 121 Å². The molecule has 21 heavy (non-hydrogen) atoms. The number of sulfone groups is 1. The van der Waals surface area contributed by atoms with Crippen LogP contribution >= 0.6 is 7.82 Å². The summed E-state index contributed by atoms with van der Waals surface area (Å²) in [7, 11) is -8.35. The van der Waals surface area contributed by atoms with Gasteiger partial charge in [-0.1, -0.05) is 12.1 Å². The molecule has 4 N–H and O–H groups in total. The van der Waals surface area contributed by atoms with Gasteiger partial charge < -0.3 is 15.5 Å². The third kappa shape index (κ3) is 4.26. The first-order valence-electron chi connectivity index (χ1n) is 5.89. The van der Waals surface area contributed by atoms with E-state index in [1.165, 1.54) is 12.1 Å². The topological polar surface area (TPSA) is 127 Å². The Balaban J connectivity index is 2.24. The van der Waals surface area contributed by atoms with Crippen molar-refractivity contribution in [3.05, 3.63) is 36.4 Å². The van der Waals surface area contributed by atoms with E-state index in [-0.39, 0.29) is 4.90 Å². The van der Waals surface area contributed by atoms with Crippen LogP contribution in [0.15, 0.2) is 41.3 Å². The van der Waals surface area contributed by atoms with Crippen LogP contribution in [0.1, 0.15) is 0 Å². The number of benzene rings is 2. The SMILES string of the molecule is Nc1ccc2cc(S(=O)(=O)CCOP(=O)(O)O)ccc2c1. The largest absolute Gasteiger partial charge is 0.469 e. The lowest BCUT2D eigenvalue weighted by Gasteiger charge is -2.08. The normalized spacial score (nSPS) is 12.7. The number of fused-ring (bicyclic) bond motifs is 1. The summed E-state index contributed by atoms with van der Waals surface area (Å²) in [5.74, 6) is -0.515. The number of nitrogen functional groups attached to an aromatic ring is 1. The van der Waals surface area contributed by atoms with Crippen LogP contribution in [0.3, 0.4) is 0 Å². The maximum absolute atomic E-state index is 12.1. The molecule has 0 saturated carbocycles. The highest BCUT2D eigenvalue weighted by molar-refractivity contribution is 7.91. The molecule has 0 radical (unpaired) electrons. The van der Waals surface area contributed by atoms with E-state index in [4.69, 9.17) is 15.5 Å². The zero-order chi connectivity index (χ0) is 15.7. The highest BCUT2D eigenvalue weighted by Crippen LogP contribution is 2.35. The average Bonchev–Trinajstić information content (AvgIpc) is 2.36. The molecule has 0 unspecified atom stereocenters. The summed E-state index contributed by atoms with van der Waals surface area (Å²) < 4.78 is 38.8. The molecule has 0 aromatic heterocycles. The molecule has 9 heteroatoms. The maximum atomic E-state index is 12.1. The summed E-state index contributed by atoms with van der Waals surface area (Å²) in [4.78, 5) is 17.1. The molecule has 0 atom stereocenters. The second-order valence-corrected chi connectivity index (χ2v) is 7.76. The Morgan fingerprint density at radius 1 is 1.10 bits per heavy atom. The van der Waals surface area contributed by atoms with Gasteiger partial charge >= 0.3 is 7.82 Å². The standard InChI is InChI=1S/C12H14NO6PS/c13-11-3-1-10-8-12(4-2-9(10)7-11)21(17,18)6-5-19-20(14,15)16/h1-4,7-8H,5-6,13H2,(H2,14,15,16). The number of rotatable bonds is 5. The Hall–Kier alpha value is -1.44. The first kappa shape index (κ1) is 15.9. The second kappa shape index (κ2) is 5.75. The third-order valence-corrected chi connectivity index (χ3v) is 5.00.